The van der Waals surface area contributed by atoms with Crippen LogP contribution >= 0.6 is 0 Å². The summed E-state index contributed by atoms with van der Waals surface area (Å²) in [5.41, 5.74) is 3.77. The van der Waals surface area contributed by atoms with E-state index >= 15 is 0 Å². The molecule has 0 saturated heterocycles. The van der Waals surface area contributed by atoms with E-state index in [0.717, 1.165) is 16.8 Å². The lowest BCUT2D eigenvalue weighted by Crippen LogP contribution is -2.14. The Morgan fingerprint density at radius 2 is 1.82 bits per heavy atom. The fourth-order valence-electron chi connectivity index (χ4n) is 1.93. The Labute approximate surface area is 130 Å². The van der Waals surface area contributed by atoms with Gasteiger partial charge in [0.15, 0.2) is 0 Å². The van der Waals surface area contributed by atoms with Crippen molar-refractivity contribution in [1.82, 2.24) is 0 Å². The van der Waals surface area contributed by atoms with Gasteiger partial charge in [0.05, 0.1) is 0 Å². The summed E-state index contributed by atoms with van der Waals surface area (Å²) in [6.45, 7) is 4.00. The van der Waals surface area contributed by atoms with Crippen LogP contribution in [0.5, 0.6) is 0 Å². The first-order valence-corrected chi connectivity index (χ1v) is 6.91. The molecule has 2 N–H and O–H groups in total. The molecule has 1 amide bonds. The predicted molar refractivity (Wildman–Crippen MR) is 88.3 cm³/mol. The summed E-state index contributed by atoms with van der Waals surface area (Å²) in [6.07, 6.45) is 1.43. The van der Waals surface area contributed by atoms with Crippen molar-refractivity contribution in [2.24, 2.45) is 0 Å². The van der Waals surface area contributed by atoms with Crippen LogP contribution in [-0.4, -0.2) is 5.91 Å². The van der Waals surface area contributed by atoms with Gasteiger partial charge in [0.2, 0.25) is 0 Å². The molecular weight excluding hydrogens is 274 g/mol. The number of nitrogens with zero attached hydrogens (tertiary/aromatic N) is 1. The molecule has 2 aromatic rings. The molecule has 4 heteroatoms. The van der Waals surface area contributed by atoms with E-state index in [0.29, 0.717) is 5.69 Å². The highest BCUT2D eigenvalue weighted by Gasteiger charge is 2.09. The first-order chi connectivity index (χ1) is 10.6. The molecule has 0 spiro atoms. The van der Waals surface area contributed by atoms with E-state index in [9.17, 15) is 4.79 Å². The highest BCUT2D eigenvalue weighted by atomic mass is 16.1. The predicted octanol–water partition coefficient (Wildman–Crippen LogP) is 3.76. The normalized spacial score (nSPS) is 10.7. The number of anilines is 2. The van der Waals surface area contributed by atoms with Crippen molar-refractivity contribution in [3.63, 3.8) is 0 Å². The number of hydrogen-bond acceptors (Lipinski definition) is 3. The summed E-state index contributed by atoms with van der Waals surface area (Å²) in [4.78, 5) is 12.1. The second-order valence-electron chi connectivity index (χ2n) is 4.88. The minimum absolute atomic E-state index is 0.0183. The zero-order chi connectivity index (χ0) is 15.9. The van der Waals surface area contributed by atoms with Gasteiger partial charge in [0.25, 0.3) is 5.91 Å². The van der Waals surface area contributed by atoms with Gasteiger partial charge in [-0.15, -0.1) is 0 Å². The van der Waals surface area contributed by atoms with E-state index in [2.05, 4.69) is 10.6 Å². The van der Waals surface area contributed by atoms with Crippen LogP contribution in [0.2, 0.25) is 0 Å². The van der Waals surface area contributed by atoms with Gasteiger partial charge in [-0.3, -0.25) is 4.79 Å². The second-order valence-corrected chi connectivity index (χ2v) is 4.88. The Hall–Kier alpha value is -3.06. The zero-order valence-corrected chi connectivity index (χ0v) is 12.6. The standard InChI is InChI=1S/C18H17N3O/c1-13-7-6-10-17(14(13)2)20-12-15(11-19)18(22)21-16-8-4-3-5-9-16/h3-10,12,20H,1-2H3,(H,21,22)/b15-12+. The molecule has 2 aromatic carbocycles. The average Bonchev–Trinajstić information content (AvgIpc) is 2.53. The van der Waals surface area contributed by atoms with Gasteiger partial charge in [-0.1, -0.05) is 30.3 Å². The summed E-state index contributed by atoms with van der Waals surface area (Å²) < 4.78 is 0. The molecule has 110 valence electrons. The van der Waals surface area contributed by atoms with Crippen molar-refractivity contribution in [3.05, 3.63) is 71.4 Å². The van der Waals surface area contributed by atoms with Gasteiger partial charge in [-0.25, -0.2) is 0 Å². The SMILES string of the molecule is Cc1cccc(N/C=C(\C#N)C(=O)Nc2ccccc2)c1C. The molecule has 0 saturated carbocycles. The molecule has 4 nitrogen and oxygen atoms in total. The van der Waals surface area contributed by atoms with Crippen molar-refractivity contribution in [2.45, 2.75) is 13.8 Å². The minimum atomic E-state index is -0.438. The number of aryl methyl sites for hydroxylation is 1. The monoisotopic (exact) mass is 291 g/mol. The number of para-hydroxylation sites is 1. The van der Waals surface area contributed by atoms with Gasteiger partial charge in [0, 0.05) is 17.6 Å². The fraction of sp³-hybridized carbons (Fsp3) is 0.111. The van der Waals surface area contributed by atoms with Crippen LogP contribution in [0.15, 0.2) is 60.3 Å². The summed E-state index contributed by atoms with van der Waals surface area (Å²) in [7, 11) is 0. The van der Waals surface area contributed by atoms with Crippen LogP contribution in [-0.2, 0) is 4.79 Å². The van der Waals surface area contributed by atoms with Crippen molar-refractivity contribution < 1.29 is 4.79 Å². The van der Waals surface area contributed by atoms with Crippen LogP contribution in [0.1, 0.15) is 11.1 Å². The van der Waals surface area contributed by atoms with E-state index in [-0.39, 0.29) is 5.57 Å². The molecule has 0 aromatic heterocycles. The van der Waals surface area contributed by atoms with E-state index in [1.807, 2.05) is 56.3 Å². The van der Waals surface area contributed by atoms with E-state index < -0.39 is 5.91 Å². The third-order valence-corrected chi connectivity index (χ3v) is 3.37. The molecular formula is C18H17N3O. The van der Waals surface area contributed by atoms with Gasteiger partial charge < -0.3 is 10.6 Å². The Morgan fingerprint density at radius 1 is 1.09 bits per heavy atom. The molecule has 0 heterocycles. The maximum atomic E-state index is 12.1. The second kappa shape index (κ2) is 7.09. The van der Waals surface area contributed by atoms with Gasteiger partial charge >= 0.3 is 0 Å². The topological polar surface area (TPSA) is 64.9 Å². The van der Waals surface area contributed by atoms with Gasteiger partial charge in [0.1, 0.15) is 11.6 Å². The first kappa shape index (κ1) is 15.3. The van der Waals surface area contributed by atoms with E-state index in [1.54, 1.807) is 12.1 Å². The third-order valence-electron chi connectivity index (χ3n) is 3.37. The Bertz CT molecular complexity index is 743. The molecule has 22 heavy (non-hydrogen) atoms. The smallest absolute Gasteiger partial charge is 0.267 e. The van der Waals surface area contributed by atoms with Gasteiger partial charge in [-0.05, 0) is 43.2 Å². The number of hydrogen-bond donors (Lipinski definition) is 2. The lowest BCUT2D eigenvalue weighted by Gasteiger charge is -2.09. The zero-order valence-electron chi connectivity index (χ0n) is 12.6. The average molecular weight is 291 g/mol. The molecule has 0 radical (unpaired) electrons. The maximum Gasteiger partial charge on any atom is 0.267 e. The quantitative estimate of drug-likeness (QED) is 0.666. The van der Waals surface area contributed by atoms with E-state index in [1.165, 1.54) is 6.20 Å². The minimum Gasteiger partial charge on any atom is -0.360 e. The molecule has 0 fully saturated rings. The molecule has 0 aliphatic rings. The van der Waals surface area contributed by atoms with Crippen LogP contribution in [0.4, 0.5) is 11.4 Å². The van der Waals surface area contributed by atoms with Crippen LogP contribution < -0.4 is 10.6 Å². The number of amides is 1. The summed E-state index contributed by atoms with van der Waals surface area (Å²) in [5, 5.41) is 14.9. The van der Waals surface area contributed by atoms with Crippen molar-refractivity contribution >= 4 is 17.3 Å². The fourth-order valence-corrected chi connectivity index (χ4v) is 1.93. The van der Waals surface area contributed by atoms with Crippen LogP contribution in [0, 0.1) is 25.2 Å². The first-order valence-electron chi connectivity index (χ1n) is 6.91. The Morgan fingerprint density at radius 3 is 2.50 bits per heavy atom. The van der Waals surface area contributed by atoms with Crippen LogP contribution in [0.25, 0.3) is 0 Å². The number of nitrogens with one attached hydrogen (secondary N) is 2. The lowest BCUT2D eigenvalue weighted by atomic mass is 10.1. The van der Waals surface area contributed by atoms with Crippen LogP contribution in [0.3, 0.4) is 0 Å². The lowest BCUT2D eigenvalue weighted by molar-refractivity contribution is -0.112. The molecule has 0 aliphatic heterocycles. The summed E-state index contributed by atoms with van der Waals surface area (Å²) in [5.74, 6) is -0.438. The van der Waals surface area contributed by atoms with Crippen molar-refractivity contribution in [3.8, 4) is 6.07 Å². The molecule has 2 rings (SSSR count). The van der Waals surface area contributed by atoms with E-state index in [4.69, 9.17) is 5.26 Å². The van der Waals surface area contributed by atoms with Crippen molar-refractivity contribution in [1.29, 1.82) is 5.26 Å². The Balaban J connectivity index is 2.12. The number of rotatable bonds is 4. The summed E-state index contributed by atoms with van der Waals surface area (Å²) >= 11 is 0. The number of carbonyl (C=O) groups is 1. The maximum absolute atomic E-state index is 12.1. The number of nitriles is 1. The van der Waals surface area contributed by atoms with Gasteiger partial charge in [-0.2, -0.15) is 5.26 Å². The third kappa shape index (κ3) is 3.74. The van der Waals surface area contributed by atoms with Crippen molar-refractivity contribution in [2.75, 3.05) is 10.6 Å². The highest BCUT2D eigenvalue weighted by Crippen LogP contribution is 2.18. The number of benzene rings is 2. The molecule has 0 bridgehead atoms. The molecule has 0 atom stereocenters. The Kier molecular flexibility index (Phi) is 4.94. The number of carbonyl (C=O) groups excluding carboxylic acids is 1. The highest BCUT2D eigenvalue weighted by molar-refractivity contribution is 6.06. The summed E-state index contributed by atoms with van der Waals surface area (Å²) in [6, 6.07) is 16.8. The molecule has 0 aliphatic carbocycles. The largest absolute Gasteiger partial charge is 0.360 e. The molecule has 0 unspecified atom stereocenters.